The summed E-state index contributed by atoms with van der Waals surface area (Å²) >= 11 is 0. The van der Waals surface area contributed by atoms with E-state index in [0.29, 0.717) is 19.0 Å². The highest BCUT2D eigenvalue weighted by molar-refractivity contribution is 5.76. The maximum Gasteiger partial charge on any atom is 0.323 e. The zero-order valence-corrected chi connectivity index (χ0v) is 16.4. The van der Waals surface area contributed by atoms with Gasteiger partial charge >= 0.3 is 5.97 Å². The van der Waals surface area contributed by atoms with Crippen molar-refractivity contribution in [3.8, 4) is 0 Å². The topological polar surface area (TPSA) is 46.6 Å². The molecule has 1 aliphatic heterocycles. The van der Waals surface area contributed by atoms with Gasteiger partial charge in [-0.15, -0.1) is 0 Å². The lowest BCUT2D eigenvalue weighted by Gasteiger charge is -2.26. The molecule has 4 rings (SSSR count). The van der Waals surface area contributed by atoms with Crippen LogP contribution in [0.2, 0.25) is 0 Å². The van der Waals surface area contributed by atoms with Crippen LogP contribution in [0.3, 0.4) is 0 Å². The SMILES string of the molecule is O=CC1CN(C(CC2CC2)C(=O)OCc2ccccc2)CC1c1cccc(F)c1. The summed E-state index contributed by atoms with van der Waals surface area (Å²) in [5.41, 5.74) is 1.77. The number of nitrogens with zero attached hydrogens (tertiary/aromatic N) is 1. The predicted octanol–water partition coefficient (Wildman–Crippen LogP) is 3.95. The molecule has 2 aromatic rings. The lowest BCUT2D eigenvalue weighted by atomic mass is 9.90. The van der Waals surface area contributed by atoms with Gasteiger partial charge in [0.2, 0.25) is 0 Å². The summed E-state index contributed by atoms with van der Waals surface area (Å²) in [5.74, 6) is -0.341. The highest BCUT2D eigenvalue weighted by Crippen LogP contribution is 2.38. The van der Waals surface area contributed by atoms with E-state index in [1.807, 2.05) is 36.4 Å². The Bertz CT molecular complexity index is 852. The molecule has 2 fully saturated rings. The highest BCUT2D eigenvalue weighted by atomic mass is 19.1. The number of benzene rings is 2. The number of carbonyl (C=O) groups excluding carboxylic acids is 2. The van der Waals surface area contributed by atoms with Crippen LogP contribution in [0.15, 0.2) is 54.6 Å². The average Bonchev–Trinajstić information content (AvgIpc) is 3.47. The molecule has 1 saturated heterocycles. The number of halogens is 1. The highest BCUT2D eigenvalue weighted by Gasteiger charge is 2.42. The van der Waals surface area contributed by atoms with E-state index in [0.717, 1.165) is 36.7 Å². The summed E-state index contributed by atoms with van der Waals surface area (Å²) in [6, 6.07) is 15.7. The van der Waals surface area contributed by atoms with E-state index in [1.54, 1.807) is 6.07 Å². The van der Waals surface area contributed by atoms with Crippen molar-refractivity contribution < 1.29 is 18.7 Å². The van der Waals surface area contributed by atoms with Crippen LogP contribution in [0.4, 0.5) is 4.39 Å². The Hall–Kier alpha value is -2.53. The van der Waals surface area contributed by atoms with Gasteiger partial charge in [-0.1, -0.05) is 55.3 Å². The Morgan fingerprint density at radius 3 is 2.62 bits per heavy atom. The monoisotopic (exact) mass is 395 g/mol. The average molecular weight is 395 g/mol. The largest absolute Gasteiger partial charge is 0.460 e. The van der Waals surface area contributed by atoms with Crippen molar-refractivity contribution in [1.29, 1.82) is 0 Å². The Labute approximate surface area is 170 Å². The molecule has 0 N–H and O–H groups in total. The number of likely N-dealkylation sites (tertiary alicyclic amines) is 1. The van der Waals surface area contributed by atoms with Gasteiger partial charge in [0.1, 0.15) is 24.8 Å². The van der Waals surface area contributed by atoms with E-state index < -0.39 is 0 Å². The van der Waals surface area contributed by atoms with Gasteiger partial charge in [0, 0.05) is 24.9 Å². The van der Waals surface area contributed by atoms with Crippen molar-refractivity contribution in [2.45, 2.75) is 37.8 Å². The molecule has 0 radical (unpaired) electrons. The summed E-state index contributed by atoms with van der Waals surface area (Å²) in [4.78, 5) is 26.7. The second kappa shape index (κ2) is 8.87. The van der Waals surface area contributed by atoms with Crippen LogP contribution in [-0.4, -0.2) is 36.3 Å². The quantitative estimate of drug-likeness (QED) is 0.502. The molecule has 1 aliphatic carbocycles. The molecule has 3 atom stereocenters. The first-order valence-electron chi connectivity index (χ1n) is 10.3. The predicted molar refractivity (Wildman–Crippen MR) is 108 cm³/mol. The first kappa shape index (κ1) is 19.8. The van der Waals surface area contributed by atoms with Gasteiger partial charge in [0.25, 0.3) is 0 Å². The zero-order chi connectivity index (χ0) is 20.2. The Kier molecular flexibility index (Phi) is 6.05. The number of esters is 1. The summed E-state index contributed by atoms with van der Waals surface area (Å²) < 4.78 is 19.3. The third-order valence-electron chi connectivity index (χ3n) is 6.04. The van der Waals surface area contributed by atoms with Gasteiger partial charge in [-0.3, -0.25) is 9.69 Å². The smallest absolute Gasteiger partial charge is 0.323 e. The summed E-state index contributed by atoms with van der Waals surface area (Å²) in [7, 11) is 0. The summed E-state index contributed by atoms with van der Waals surface area (Å²) in [5, 5.41) is 0. The van der Waals surface area contributed by atoms with Crippen LogP contribution in [0.1, 0.15) is 36.3 Å². The van der Waals surface area contributed by atoms with E-state index >= 15 is 0 Å². The molecule has 0 spiro atoms. The van der Waals surface area contributed by atoms with Crippen LogP contribution in [-0.2, 0) is 20.9 Å². The first-order chi connectivity index (χ1) is 14.1. The van der Waals surface area contributed by atoms with Gasteiger partial charge in [-0.05, 0) is 35.6 Å². The van der Waals surface area contributed by atoms with Crippen LogP contribution in [0.25, 0.3) is 0 Å². The van der Waals surface area contributed by atoms with E-state index in [4.69, 9.17) is 4.74 Å². The first-order valence-corrected chi connectivity index (χ1v) is 10.3. The molecular formula is C24H26FNO3. The van der Waals surface area contributed by atoms with Gasteiger partial charge in [-0.2, -0.15) is 0 Å². The van der Waals surface area contributed by atoms with Crippen molar-refractivity contribution in [3.63, 3.8) is 0 Å². The standard InChI is InChI=1S/C24H26FNO3/c25-21-8-4-7-19(12-21)22-14-26(13-20(22)15-27)23(11-17-9-10-17)24(28)29-16-18-5-2-1-3-6-18/h1-8,12,15,17,20,22-23H,9-11,13-14,16H2. The molecular weight excluding hydrogens is 369 g/mol. The van der Waals surface area contributed by atoms with Crippen molar-refractivity contribution in [3.05, 3.63) is 71.5 Å². The molecule has 1 saturated carbocycles. The minimum Gasteiger partial charge on any atom is -0.460 e. The lowest BCUT2D eigenvalue weighted by Crippen LogP contribution is -2.41. The second-order valence-electron chi connectivity index (χ2n) is 8.20. The normalized spacial score (nSPS) is 22.9. The number of hydrogen-bond donors (Lipinski definition) is 0. The lowest BCUT2D eigenvalue weighted by molar-refractivity contribution is -0.151. The zero-order valence-electron chi connectivity index (χ0n) is 16.4. The molecule has 0 amide bonds. The summed E-state index contributed by atoms with van der Waals surface area (Å²) in [6.07, 6.45) is 3.98. The number of rotatable bonds is 8. The third-order valence-corrected chi connectivity index (χ3v) is 6.04. The van der Waals surface area contributed by atoms with Gasteiger partial charge < -0.3 is 9.53 Å². The van der Waals surface area contributed by atoms with Crippen LogP contribution in [0, 0.1) is 17.7 Å². The second-order valence-corrected chi connectivity index (χ2v) is 8.20. The molecule has 2 aliphatic rings. The fourth-order valence-corrected chi connectivity index (χ4v) is 4.23. The molecule has 3 unspecified atom stereocenters. The van der Waals surface area contributed by atoms with E-state index in [9.17, 15) is 14.0 Å². The van der Waals surface area contributed by atoms with Crippen LogP contribution < -0.4 is 0 Å². The van der Waals surface area contributed by atoms with E-state index in [2.05, 4.69) is 4.90 Å². The van der Waals surface area contributed by atoms with Gasteiger partial charge in [0.15, 0.2) is 0 Å². The van der Waals surface area contributed by atoms with Crippen LogP contribution in [0.5, 0.6) is 0 Å². The molecule has 29 heavy (non-hydrogen) atoms. The van der Waals surface area contributed by atoms with Crippen molar-refractivity contribution >= 4 is 12.3 Å². The van der Waals surface area contributed by atoms with E-state index in [1.165, 1.54) is 12.1 Å². The maximum atomic E-state index is 13.7. The van der Waals surface area contributed by atoms with Gasteiger partial charge in [0.05, 0.1) is 0 Å². The fraction of sp³-hybridized carbons (Fsp3) is 0.417. The number of hydrogen-bond acceptors (Lipinski definition) is 4. The number of ether oxygens (including phenoxy) is 1. The van der Waals surface area contributed by atoms with Gasteiger partial charge in [-0.25, -0.2) is 4.39 Å². The molecule has 4 nitrogen and oxygen atoms in total. The maximum absolute atomic E-state index is 13.7. The number of carbonyl (C=O) groups is 2. The van der Waals surface area contributed by atoms with Crippen LogP contribution >= 0.6 is 0 Å². The van der Waals surface area contributed by atoms with E-state index in [-0.39, 0.29) is 36.3 Å². The Balaban J connectivity index is 1.47. The minimum absolute atomic E-state index is 0.105. The molecule has 152 valence electrons. The molecule has 1 heterocycles. The number of aldehydes is 1. The fourth-order valence-electron chi connectivity index (χ4n) is 4.23. The molecule has 5 heteroatoms. The minimum atomic E-state index is -0.354. The van der Waals surface area contributed by atoms with Crippen molar-refractivity contribution in [2.24, 2.45) is 11.8 Å². The third kappa shape index (κ3) is 4.91. The molecule has 0 aromatic heterocycles. The summed E-state index contributed by atoms with van der Waals surface area (Å²) in [6.45, 7) is 1.31. The Morgan fingerprint density at radius 1 is 1.14 bits per heavy atom. The van der Waals surface area contributed by atoms with Crippen molar-refractivity contribution in [1.82, 2.24) is 4.90 Å². The van der Waals surface area contributed by atoms with Crippen molar-refractivity contribution in [2.75, 3.05) is 13.1 Å². The molecule has 0 bridgehead atoms. The molecule has 2 aromatic carbocycles. The Morgan fingerprint density at radius 2 is 1.93 bits per heavy atom.